The Labute approximate surface area is 80.6 Å². The zero-order chi connectivity index (χ0) is 9.68. The van der Waals surface area contributed by atoms with Gasteiger partial charge in [0.25, 0.3) is 0 Å². The Kier molecular flexibility index (Phi) is 4.16. The number of hydrogen-bond acceptors (Lipinski definition) is 2. The van der Waals surface area contributed by atoms with Crippen LogP contribution in [0.3, 0.4) is 0 Å². The number of carbonyl (C=O) groups excluding carboxylic acids is 1. The second kappa shape index (κ2) is 5.18. The number of allylic oxidation sites excluding steroid dienone is 1. The summed E-state index contributed by atoms with van der Waals surface area (Å²) in [4.78, 5) is 13.3. The summed E-state index contributed by atoms with van der Waals surface area (Å²) < 4.78 is 0. The molecule has 0 atom stereocenters. The third kappa shape index (κ3) is 3.73. The van der Waals surface area contributed by atoms with Crippen molar-refractivity contribution in [2.24, 2.45) is 0 Å². The smallest absolute Gasteiger partial charge is 0.152 e. The van der Waals surface area contributed by atoms with E-state index in [-0.39, 0.29) is 5.78 Å². The molecule has 0 aromatic carbocycles. The molecule has 0 radical (unpaired) electrons. The molecule has 0 amide bonds. The highest BCUT2D eigenvalue weighted by Gasteiger charge is 2.10. The summed E-state index contributed by atoms with van der Waals surface area (Å²) in [6.07, 6.45) is 5.20. The van der Waals surface area contributed by atoms with Crippen LogP contribution in [0.5, 0.6) is 0 Å². The monoisotopic (exact) mass is 181 g/mol. The predicted octanol–water partition coefficient (Wildman–Crippen LogP) is 2.01. The summed E-state index contributed by atoms with van der Waals surface area (Å²) in [6, 6.07) is 0. The molecule has 13 heavy (non-hydrogen) atoms. The molecule has 1 saturated heterocycles. The molecular formula is C11H19NO. The van der Waals surface area contributed by atoms with Crippen LogP contribution in [-0.4, -0.2) is 30.3 Å². The summed E-state index contributed by atoms with van der Waals surface area (Å²) >= 11 is 0. The summed E-state index contributed by atoms with van der Waals surface area (Å²) in [7, 11) is 0. The molecule has 74 valence electrons. The van der Waals surface area contributed by atoms with E-state index in [1.807, 2.05) is 6.08 Å². The van der Waals surface area contributed by atoms with Gasteiger partial charge in [-0.15, -0.1) is 0 Å². The van der Waals surface area contributed by atoms with Gasteiger partial charge in [0, 0.05) is 6.54 Å². The third-order valence-electron chi connectivity index (χ3n) is 2.58. The Morgan fingerprint density at radius 2 is 2.23 bits per heavy atom. The van der Waals surface area contributed by atoms with E-state index in [1.165, 1.54) is 18.5 Å². The van der Waals surface area contributed by atoms with Crippen molar-refractivity contribution < 1.29 is 4.79 Å². The lowest BCUT2D eigenvalue weighted by atomic mass is 10.1. The van der Waals surface area contributed by atoms with E-state index in [9.17, 15) is 4.79 Å². The minimum Gasteiger partial charge on any atom is -0.303 e. The largest absolute Gasteiger partial charge is 0.303 e. The first-order chi connectivity index (χ1) is 6.22. The van der Waals surface area contributed by atoms with E-state index >= 15 is 0 Å². The highest BCUT2D eigenvalue weighted by atomic mass is 16.1. The fourth-order valence-electron chi connectivity index (χ4n) is 1.82. The average Bonchev–Trinajstić information content (AvgIpc) is 2.29. The Balaban J connectivity index is 2.49. The number of rotatable bonds is 2. The van der Waals surface area contributed by atoms with E-state index < -0.39 is 0 Å². The molecule has 1 fully saturated rings. The summed E-state index contributed by atoms with van der Waals surface area (Å²) in [5.74, 6) is 0.194. The molecule has 1 aliphatic rings. The Morgan fingerprint density at radius 1 is 1.46 bits per heavy atom. The highest BCUT2D eigenvalue weighted by Crippen LogP contribution is 2.15. The minimum atomic E-state index is 0.194. The van der Waals surface area contributed by atoms with Crippen molar-refractivity contribution in [1.29, 1.82) is 0 Å². The van der Waals surface area contributed by atoms with E-state index in [0.29, 0.717) is 0 Å². The maximum absolute atomic E-state index is 10.9. The molecule has 0 aromatic heterocycles. The highest BCUT2D eigenvalue weighted by molar-refractivity contribution is 5.87. The molecule has 1 rings (SSSR count). The van der Waals surface area contributed by atoms with Crippen LogP contribution in [0.25, 0.3) is 0 Å². The van der Waals surface area contributed by atoms with Gasteiger partial charge in [-0.3, -0.25) is 4.79 Å². The normalized spacial score (nSPS) is 23.1. The van der Waals surface area contributed by atoms with Crippen LogP contribution < -0.4 is 0 Å². The van der Waals surface area contributed by atoms with E-state index in [1.54, 1.807) is 6.92 Å². The van der Waals surface area contributed by atoms with Crippen LogP contribution in [0.1, 0.15) is 33.1 Å². The fraction of sp³-hybridized carbons (Fsp3) is 0.727. The lowest BCUT2D eigenvalue weighted by molar-refractivity contribution is -0.112. The second-order valence-electron chi connectivity index (χ2n) is 3.70. The molecule has 0 unspecified atom stereocenters. The van der Waals surface area contributed by atoms with Crippen LogP contribution in [0, 0.1) is 0 Å². The lowest BCUT2D eigenvalue weighted by Gasteiger charge is -2.15. The molecule has 0 saturated carbocycles. The number of likely N-dealkylation sites (tertiary alicyclic amines) is 1. The molecule has 1 heterocycles. The van der Waals surface area contributed by atoms with Gasteiger partial charge in [0.2, 0.25) is 0 Å². The number of ketones is 1. The van der Waals surface area contributed by atoms with Crippen molar-refractivity contribution in [1.82, 2.24) is 4.90 Å². The maximum Gasteiger partial charge on any atom is 0.152 e. The van der Waals surface area contributed by atoms with Gasteiger partial charge in [-0.25, -0.2) is 0 Å². The van der Waals surface area contributed by atoms with E-state index in [0.717, 1.165) is 25.9 Å². The van der Waals surface area contributed by atoms with Gasteiger partial charge in [0.05, 0.1) is 0 Å². The Bertz CT molecular complexity index is 208. The van der Waals surface area contributed by atoms with Crippen LogP contribution in [-0.2, 0) is 4.79 Å². The second-order valence-corrected chi connectivity index (χ2v) is 3.70. The molecule has 0 bridgehead atoms. The van der Waals surface area contributed by atoms with Crippen LogP contribution >= 0.6 is 0 Å². The molecule has 2 heteroatoms. The summed E-state index contributed by atoms with van der Waals surface area (Å²) in [5.41, 5.74) is 1.34. The van der Waals surface area contributed by atoms with Gasteiger partial charge in [-0.1, -0.05) is 12.5 Å². The average molecular weight is 181 g/mol. The lowest BCUT2D eigenvalue weighted by Crippen LogP contribution is -2.23. The minimum absolute atomic E-state index is 0.194. The fourth-order valence-corrected chi connectivity index (χ4v) is 1.82. The summed E-state index contributed by atoms with van der Waals surface area (Å²) in [5, 5.41) is 0. The van der Waals surface area contributed by atoms with Gasteiger partial charge in [-0.2, -0.15) is 0 Å². The first-order valence-electron chi connectivity index (χ1n) is 5.14. The van der Waals surface area contributed by atoms with Gasteiger partial charge in [0.1, 0.15) is 0 Å². The maximum atomic E-state index is 10.9. The Morgan fingerprint density at radius 3 is 2.85 bits per heavy atom. The topological polar surface area (TPSA) is 20.3 Å². The van der Waals surface area contributed by atoms with Gasteiger partial charge in [0.15, 0.2) is 5.78 Å². The summed E-state index contributed by atoms with van der Waals surface area (Å²) in [6.45, 7) is 7.27. The number of nitrogens with zero attached hydrogens (tertiary/aromatic N) is 1. The van der Waals surface area contributed by atoms with Crippen molar-refractivity contribution >= 4 is 5.78 Å². The SMILES string of the molecule is CCN1CCC/C(=C/C(C)=O)CC1. The van der Waals surface area contributed by atoms with Crippen molar-refractivity contribution in [3.8, 4) is 0 Å². The number of hydrogen-bond donors (Lipinski definition) is 0. The molecule has 0 aliphatic carbocycles. The van der Waals surface area contributed by atoms with Crippen molar-refractivity contribution in [3.05, 3.63) is 11.6 Å². The van der Waals surface area contributed by atoms with Crippen LogP contribution in [0.2, 0.25) is 0 Å². The van der Waals surface area contributed by atoms with Gasteiger partial charge >= 0.3 is 0 Å². The van der Waals surface area contributed by atoms with Crippen LogP contribution in [0.15, 0.2) is 11.6 Å². The predicted molar refractivity (Wildman–Crippen MR) is 54.7 cm³/mol. The first kappa shape index (κ1) is 10.5. The zero-order valence-electron chi connectivity index (χ0n) is 8.68. The Hall–Kier alpha value is -0.630. The van der Waals surface area contributed by atoms with E-state index in [2.05, 4.69) is 11.8 Å². The van der Waals surface area contributed by atoms with Crippen molar-refractivity contribution in [3.63, 3.8) is 0 Å². The zero-order valence-corrected chi connectivity index (χ0v) is 8.68. The number of carbonyl (C=O) groups is 1. The molecule has 1 aliphatic heterocycles. The van der Waals surface area contributed by atoms with Crippen LogP contribution in [0.4, 0.5) is 0 Å². The molecular weight excluding hydrogens is 162 g/mol. The van der Waals surface area contributed by atoms with E-state index in [4.69, 9.17) is 0 Å². The van der Waals surface area contributed by atoms with Crippen molar-refractivity contribution in [2.45, 2.75) is 33.1 Å². The molecule has 0 N–H and O–H groups in total. The molecule has 0 aromatic rings. The van der Waals surface area contributed by atoms with Gasteiger partial charge in [-0.05, 0) is 45.4 Å². The van der Waals surface area contributed by atoms with Crippen molar-refractivity contribution in [2.75, 3.05) is 19.6 Å². The standard InChI is InChI=1S/C11H19NO/c1-3-12-7-4-5-11(6-8-12)9-10(2)13/h9H,3-8H2,1-2H3/b11-9-. The molecule has 0 spiro atoms. The third-order valence-corrected chi connectivity index (χ3v) is 2.58. The first-order valence-corrected chi connectivity index (χ1v) is 5.14. The quantitative estimate of drug-likeness (QED) is 0.607. The van der Waals surface area contributed by atoms with Gasteiger partial charge < -0.3 is 4.90 Å². The molecule has 2 nitrogen and oxygen atoms in total.